The monoisotopic (exact) mass is 414 g/mol. The molecule has 8 heteroatoms. The zero-order valence-electron chi connectivity index (χ0n) is 11.6. The number of rotatable bonds is 6. The van der Waals surface area contributed by atoms with E-state index < -0.39 is 5.67 Å². The van der Waals surface area contributed by atoms with Crippen LogP contribution in [-0.2, 0) is 0 Å². The molecule has 0 radical (unpaired) electrons. The number of allylic oxidation sites excluding steroid dienone is 2. The fourth-order valence-corrected chi connectivity index (χ4v) is 35.8. The third kappa shape index (κ3) is 5.95. The first-order valence-electron chi connectivity index (χ1n) is 6.18. The maximum Gasteiger partial charge on any atom is -0.153 e. The Labute approximate surface area is 136 Å². The maximum atomic E-state index is 3.34. The Bertz CT molecular complexity index is 301. The summed E-state index contributed by atoms with van der Waals surface area (Å²) in [4.78, 5) is 0. The van der Waals surface area contributed by atoms with Gasteiger partial charge in [0.05, 0.1) is 0 Å². The van der Waals surface area contributed by atoms with Crippen LogP contribution in [0, 0.1) is 5.92 Å². The number of hydrogen-bond acceptors (Lipinski definition) is 0. The molecule has 0 aromatic carbocycles. The number of hydrogen-bond donors (Lipinski definition) is 0. The van der Waals surface area contributed by atoms with Gasteiger partial charge in [0.2, 0.25) is 0 Å². The molecule has 0 fully saturated rings. The molecule has 0 nitrogen and oxygen atoms in total. The first kappa shape index (κ1) is 24.4. The summed E-state index contributed by atoms with van der Waals surface area (Å²) in [5.41, 5.74) is -1.68. The largest absolute Gasteiger partial charge is 0.153 e. The molecule has 1 rings (SSSR count). The molecule has 0 aromatic heterocycles. The van der Waals surface area contributed by atoms with Gasteiger partial charge in [0, 0.05) is 0 Å². The molecule has 0 N–H and O–H groups in total. The minimum atomic E-state index is -1.68. The molecule has 1 aliphatic heterocycles. The van der Waals surface area contributed by atoms with Crippen molar-refractivity contribution in [2.75, 3.05) is 6.16 Å². The van der Waals surface area contributed by atoms with Crippen LogP contribution < -0.4 is 0 Å². The van der Waals surface area contributed by atoms with Crippen LogP contribution in [0.25, 0.3) is 0 Å². The molecule has 8 atom stereocenters. The van der Waals surface area contributed by atoms with Gasteiger partial charge in [0.15, 0.2) is 0 Å². The van der Waals surface area contributed by atoms with Gasteiger partial charge in [-0.1, -0.05) is 7.43 Å². The summed E-state index contributed by atoms with van der Waals surface area (Å²) in [5, 5.41) is 1.81. The molecule has 0 aromatic rings. The van der Waals surface area contributed by atoms with Crippen molar-refractivity contribution in [1.82, 2.24) is 0 Å². The molecule has 0 spiro atoms. The molecular weight excluding hydrogens is 380 g/mol. The van der Waals surface area contributed by atoms with Gasteiger partial charge in [0.1, 0.15) is 0 Å². The van der Waals surface area contributed by atoms with Crippen molar-refractivity contribution in [3.05, 3.63) is 11.4 Å². The van der Waals surface area contributed by atoms with Crippen LogP contribution in [0.15, 0.2) is 11.4 Å². The van der Waals surface area contributed by atoms with Gasteiger partial charge in [-0.25, -0.2) is 0 Å². The van der Waals surface area contributed by atoms with E-state index in [0.717, 1.165) is 13.9 Å². The Morgan fingerprint density at radius 3 is 2.53 bits per heavy atom. The van der Waals surface area contributed by atoms with Crippen molar-refractivity contribution < 1.29 is 0 Å². The van der Waals surface area contributed by atoms with Crippen molar-refractivity contribution in [2.45, 2.75) is 47.0 Å². The fraction of sp³-hybridized carbons (Fsp3) is 0.818. The van der Waals surface area contributed by atoms with E-state index in [4.69, 9.17) is 0 Å². The van der Waals surface area contributed by atoms with E-state index in [2.05, 4.69) is 55.6 Å². The molecular formula is C11H34P8. The van der Waals surface area contributed by atoms with Crippen LogP contribution in [-0.4, -0.2) is 6.16 Å². The molecule has 8 unspecified atom stereocenters. The van der Waals surface area contributed by atoms with Crippen LogP contribution in [0.4, 0.5) is 0 Å². The quantitative estimate of drug-likeness (QED) is 0.395. The zero-order chi connectivity index (χ0) is 13.1. The first-order chi connectivity index (χ1) is 7.84. The van der Waals surface area contributed by atoms with Crippen LogP contribution in [0.5, 0.6) is 0 Å². The van der Waals surface area contributed by atoms with Crippen molar-refractivity contribution in [2.24, 2.45) is 5.92 Å². The average Bonchev–Trinajstić information content (AvgIpc) is 2.56. The maximum absolute atomic E-state index is 3.34. The second kappa shape index (κ2) is 10.1. The second-order valence-electron chi connectivity index (χ2n) is 5.18. The van der Waals surface area contributed by atoms with Crippen LogP contribution in [0.3, 0.4) is 0 Å². The van der Waals surface area contributed by atoms with E-state index >= 15 is 0 Å². The minimum absolute atomic E-state index is 0. The molecule has 118 valence electrons. The van der Waals surface area contributed by atoms with E-state index in [1.165, 1.54) is 31.8 Å². The van der Waals surface area contributed by atoms with Gasteiger partial charge in [-0.15, -0.1) is 0 Å². The van der Waals surface area contributed by atoms with Gasteiger partial charge < -0.3 is 0 Å². The normalized spacial score (nSPS) is 25.6. The van der Waals surface area contributed by atoms with Crippen LogP contribution in [0.1, 0.15) is 47.0 Å². The summed E-state index contributed by atoms with van der Waals surface area (Å²) < 4.78 is 0. The molecule has 0 saturated heterocycles. The van der Waals surface area contributed by atoms with Crippen molar-refractivity contribution >= 4 is 66.2 Å². The average molecular weight is 414 g/mol. The molecule has 0 amide bonds. The van der Waals surface area contributed by atoms with E-state index in [1.54, 1.807) is 0 Å². The van der Waals surface area contributed by atoms with E-state index in [9.17, 15) is 0 Å². The Morgan fingerprint density at radius 1 is 1.47 bits per heavy atom. The van der Waals surface area contributed by atoms with Gasteiger partial charge in [0.25, 0.3) is 0 Å². The van der Waals surface area contributed by atoms with Crippen molar-refractivity contribution in [3.8, 4) is 0 Å². The molecule has 0 bridgehead atoms. The molecule has 1 heterocycles. The van der Waals surface area contributed by atoms with Gasteiger partial charge in [-0.2, -0.15) is 9.90 Å². The van der Waals surface area contributed by atoms with E-state index in [0.29, 0.717) is 0 Å². The molecule has 0 aliphatic carbocycles. The van der Waals surface area contributed by atoms with Crippen LogP contribution in [0.2, 0.25) is 0 Å². The predicted molar refractivity (Wildman–Crippen MR) is 125 cm³/mol. The fourth-order valence-electron chi connectivity index (χ4n) is 2.49. The van der Waals surface area contributed by atoms with Crippen LogP contribution >= 0.6 is 66.2 Å². The summed E-state index contributed by atoms with van der Waals surface area (Å²) >= 11 is 0. The Kier molecular flexibility index (Phi) is 13.0. The molecule has 19 heavy (non-hydrogen) atoms. The summed E-state index contributed by atoms with van der Waals surface area (Å²) in [6.07, 6.45) is 9.30. The Morgan fingerprint density at radius 2 is 2.05 bits per heavy atom. The zero-order valence-corrected chi connectivity index (χ0v) is 20.4. The smallest absolute Gasteiger partial charge is 0.153 e. The third-order valence-corrected chi connectivity index (χ3v) is 48.7. The molecule has 0 saturated carbocycles. The standard InChI is InChI=1S/C10H27P7.CH4.H3P/c1-3-5-9(2)8-10-6-4-7-17(10,13,14)16(12)15-11;;/h6,9,15H,3-5,7-8,11-14H2,1-2H3;1H4;1H3. The van der Waals surface area contributed by atoms with Gasteiger partial charge in [-0.05, 0) is 0 Å². The third-order valence-electron chi connectivity index (χ3n) is 3.62. The van der Waals surface area contributed by atoms with Gasteiger partial charge >= 0.3 is 119 Å². The summed E-state index contributed by atoms with van der Waals surface area (Å²) in [6, 6.07) is 0. The van der Waals surface area contributed by atoms with Gasteiger partial charge in [-0.3, -0.25) is 0 Å². The van der Waals surface area contributed by atoms with Crippen molar-refractivity contribution in [1.29, 1.82) is 0 Å². The SMILES string of the molecule is C.CCCC(C)CC1=CCCP1(P)(P)P(P)PP.P. The molecule has 1 aliphatic rings. The summed E-state index contributed by atoms with van der Waals surface area (Å²) in [6.45, 7) is 4.79. The summed E-state index contributed by atoms with van der Waals surface area (Å²) in [7, 11) is 13.9. The first-order valence-corrected chi connectivity index (χ1v) is 19.2. The minimum Gasteiger partial charge on any atom is -0.153 e. The summed E-state index contributed by atoms with van der Waals surface area (Å²) in [5.74, 6) is 0.855. The van der Waals surface area contributed by atoms with E-state index in [1.807, 2.05) is 5.31 Å². The second-order valence-corrected chi connectivity index (χ2v) is 35.6. The van der Waals surface area contributed by atoms with E-state index in [-0.39, 0.29) is 24.3 Å². The Hall–Kier alpha value is 3.18. The van der Waals surface area contributed by atoms with Crippen molar-refractivity contribution in [3.63, 3.8) is 0 Å². The predicted octanol–water partition coefficient (Wildman–Crippen LogP) is 7.50. The Balaban J connectivity index is 0. The topological polar surface area (TPSA) is 0 Å².